The van der Waals surface area contributed by atoms with Crippen molar-refractivity contribution in [3.05, 3.63) is 34.1 Å². The summed E-state index contributed by atoms with van der Waals surface area (Å²) >= 11 is 4.74. The zero-order chi connectivity index (χ0) is 18.0. The van der Waals surface area contributed by atoms with E-state index in [0.717, 1.165) is 15.7 Å². The minimum Gasteiger partial charge on any atom is -0.466 e. The molecule has 1 aromatic heterocycles. The number of hydrogen-bond donors (Lipinski definition) is 0. The number of hydrazone groups is 1. The van der Waals surface area contributed by atoms with Gasteiger partial charge in [0, 0.05) is 21.1 Å². The van der Waals surface area contributed by atoms with Gasteiger partial charge in [-0.1, -0.05) is 28.1 Å². The number of anilines is 1. The maximum Gasteiger partial charge on any atom is 0.306 e. The lowest BCUT2D eigenvalue weighted by Gasteiger charge is -2.11. The topological polar surface area (TPSA) is 71.9 Å². The predicted molar refractivity (Wildman–Crippen MR) is 101 cm³/mol. The van der Waals surface area contributed by atoms with Crippen molar-refractivity contribution in [2.75, 3.05) is 11.6 Å². The van der Waals surface area contributed by atoms with E-state index in [1.165, 1.54) is 16.3 Å². The van der Waals surface area contributed by atoms with Gasteiger partial charge in [0.25, 0.3) is 5.91 Å². The van der Waals surface area contributed by atoms with Crippen LogP contribution in [0.4, 0.5) is 5.13 Å². The molecule has 130 valence electrons. The Morgan fingerprint density at radius 2 is 2.08 bits per heavy atom. The summed E-state index contributed by atoms with van der Waals surface area (Å²) in [7, 11) is 0. The molecule has 2 heterocycles. The standard InChI is InChI=1S/C17H16BrN3O3S/c1-3-24-15(22)8-13-10(2)20-21(16(13)23)17-19-14(9-25-17)11-4-6-12(18)7-5-11/h4-7,9,13H,3,8H2,1-2H3/t13-/m1/s1. The van der Waals surface area contributed by atoms with E-state index in [1.54, 1.807) is 13.8 Å². The van der Waals surface area contributed by atoms with Gasteiger partial charge in [0.15, 0.2) is 0 Å². The number of carbonyl (C=O) groups is 2. The Morgan fingerprint density at radius 3 is 2.76 bits per heavy atom. The Kier molecular flexibility index (Phi) is 5.29. The highest BCUT2D eigenvalue weighted by molar-refractivity contribution is 9.10. The van der Waals surface area contributed by atoms with Crippen LogP contribution in [-0.4, -0.2) is 29.2 Å². The number of rotatable bonds is 5. The van der Waals surface area contributed by atoms with Crippen molar-refractivity contribution in [1.29, 1.82) is 0 Å². The van der Waals surface area contributed by atoms with E-state index in [2.05, 4.69) is 26.0 Å². The van der Waals surface area contributed by atoms with Crippen molar-refractivity contribution in [1.82, 2.24) is 4.98 Å². The van der Waals surface area contributed by atoms with E-state index >= 15 is 0 Å². The summed E-state index contributed by atoms with van der Waals surface area (Å²) in [5.74, 6) is -1.23. The molecule has 0 aliphatic carbocycles. The summed E-state index contributed by atoms with van der Waals surface area (Å²) in [6.45, 7) is 3.77. The van der Waals surface area contributed by atoms with Crippen LogP contribution in [0, 0.1) is 5.92 Å². The quantitative estimate of drug-likeness (QED) is 0.686. The van der Waals surface area contributed by atoms with E-state index < -0.39 is 11.9 Å². The van der Waals surface area contributed by atoms with Crippen LogP contribution in [0.2, 0.25) is 0 Å². The van der Waals surface area contributed by atoms with E-state index in [-0.39, 0.29) is 12.3 Å². The van der Waals surface area contributed by atoms with Crippen LogP contribution in [0.25, 0.3) is 11.3 Å². The van der Waals surface area contributed by atoms with Gasteiger partial charge >= 0.3 is 5.97 Å². The van der Waals surface area contributed by atoms with Crippen LogP contribution < -0.4 is 5.01 Å². The molecule has 0 bridgehead atoms. The van der Waals surface area contributed by atoms with Crippen LogP contribution in [0.5, 0.6) is 0 Å². The summed E-state index contributed by atoms with van der Waals surface area (Å²) in [4.78, 5) is 28.8. The molecule has 8 heteroatoms. The number of amides is 1. The monoisotopic (exact) mass is 421 g/mol. The minimum atomic E-state index is -0.584. The highest BCUT2D eigenvalue weighted by Gasteiger charge is 2.37. The van der Waals surface area contributed by atoms with Gasteiger partial charge in [-0.3, -0.25) is 9.59 Å². The minimum absolute atomic E-state index is 0.00342. The maximum atomic E-state index is 12.6. The molecule has 2 aromatic rings. The number of aromatic nitrogens is 1. The third kappa shape index (κ3) is 3.80. The second kappa shape index (κ2) is 7.45. The van der Waals surface area contributed by atoms with Crippen LogP contribution in [0.1, 0.15) is 20.3 Å². The lowest BCUT2D eigenvalue weighted by atomic mass is 10.0. The molecule has 0 saturated heterocycles. The van der Waals surface area contributed by atoms with Crippen LogP contribution >= 0.6 is 27.3 Å². The average molecular weight is 422 g/mol. The first-order chi connectivity index (χ1) is 12.0. The fourth-order valence-electron chi connectivity index (χ4n) is 2.48. The average Bonchev–Trinajstić information content (AvgIpc) is 3.16. The molecule has 0 fully saturated rings. The summed E-state index contributed by atoms with van der Waals surface area (Å²) in [5, 5.41) is 7.95. The third-order valence-electron chi connectivity index (χ3n) is 3.76. The number of halogens is 1. The Hall–Kier alpha value is -2.06. The van der Waals surface area contributed by atoms with Gasteiger partial charge in [-0.15, -0.1) is 11.3 Å². The number of hydrogen-bond acceptors (Lipinski definition) is 6. The molecule has 0 saturated carbocycles. The van der Waals surface area contributed by atoms with E-state index in [1.807, 2.05) is 29.6 Å². The molecular weight excluding hydrogens is 406 g/mol. The van der Waals surface area contributed by atoms with Crippen LogP contribution in [-0.2, 0) is 14.3 Å². The Morgan fingerprint density at radius 1 is 1.36 bits per heavy atom. The second-order valence-electron chi connectivity index (χ2n) is 5.48. The number of nitrogens with zero attached hydrogens (tertiary/aromatic N) is 3. The Labute approximate surface area is 157 Å². The van der Waals surface area contributed by atoms with Crippen molar-refractivity contribution in [3.8, 4) is 11.3 Å². The summed E-state index contributed by atoms with van der Waals surface area (Å²) in [6, 6.07) is 7.78. The zero-order valence-electron chi connectivity index (χ0n) is 13.7. The predicted octanol–water partition coefficient (Wildman–Crippen LogP) is 3.86. The van der Waals surface area contributed by atoms with Crippen molar-refractivity contribution in [2.45, 2.75) is 20.3 Å². The van der Waals surface area contributed by atoms with Crippen molar-refractivity contribution in [2.24, 2.45) is 11.0 Å². The number of benzene rings is 1. The van der Waals surface area contributed by atoms with Crippen molar-refractivity contribution in [3.63, 3.8) is 0 Å². The van der Waals surface area contributed by atoms with Gasteiger partial charge in [-0.25, -0.2) is 4.98 Å². The van der Waals surface area contributed by atoms with E-state index in [9.17, 15) is 9.59 Å². The summed E-state index contributed by atoms with van der Waals surface area (Å²) in [5.41, 5.74) is 2.33. The first-order valence-electron chi connectivity index (χ1n) is 7.75. The van der Waals surface area contributed by atoms with Crippen LogP contribution in [0.15, 0.2) is 39.2 Å². The molecule has 6 nitrogen and oxygen atoms in total. The fraction of sp³-hybridized carbons (Fsp3) is 0.294. The van der Waals surface area contributed by atoms with Gasteiger partial charge in [0.05, 0.1) is 24.6 Å². The van der Waals surface area contributed by atoms with Gasteiger partial charge in [0.1, 0.15) is 0 Å². The Bertz CT molecular complexity index is 832. The second-order valence-corrected chi connectivity index (χ2v) is 7.23. The molecule has 1 aromatic carbocycles. The van der Waals surface area contributed by atoms with Gasteiger partial charge in [-0.2, -0.15) is 10.1 Å². The molecular formula is C17H16BrN3O3S. The maximum absolute atomic E-state index is 12.6. The number of esters is 1. The molecule has 0 N–H and O–H groups in total. The molecule has 1 atom stereocenters. The molecule has 0 unspecified atom stereocenters. The van der Waals surface area contributed by atoms with Gasteiger partial charge in [0.2, 0.25) is 5.13 Å². The molecule has 0 radical (unpaired) electrons. The first-order valence-corrected chi connectivity index (χ1v) is 9.43. The van der Waals surface area contributed by atoms with Gasteiger partial charge in [-0.05, 0) is 26.0 Å². The summed E-state index contributed by atoms with van der Waals surface area (Å²) in [6.07, 6.45) is 0.00342. The first kappa shape index (κ1) is 17.8. The molecule has 1 aliphatic heterocycles. The number of ether oxygens (including phenoxy) is 1. The SMILES string of the molecule is CCOC(=O)C[C@H]1C(=O)N(c2nc(-c3ccc(Br)cc3)cs2)N=C1C. The van der Waals surface area contributed by atoms with E-state index in [4.69, 9.17) is 4.74 Å². The third-order valence-corrected chi connectivity index (χ3v) is 5.10. The molecule has 1 amide bonds. The molecule has 3 rings (SSSR count). The largest absolute Gasteiger partial charge is 0.466 e. The van der Waals surface area contributed by atoms with E-state index in [0.29, 0.717) is 17.5 Å². The highest BCUT2D eigenvalue weighted by atomic mass is 79.9. The lowest BCUT2D eigenvalue weighted by Crippen LogP contribution is -2.29. The molecule has 1 aliphatic rings. The molecule has 0 spiro atoms. The van der Waals surface area contributed by atoms with Crippen molar-refractivity contribution < 1.29 is 14.3 Å². The number of carbonyl (C=O) groups excluding carboxylic acids is 2. The van der Waals surface area contributed by atoms with Crippen LogP contribution in [0.3, 0.4) is 0 Å². The normalized spacial score (nSPS) is 16.9. The number of thiazole rings is 1. The van der Waals surface area contributed by atoms with Gasteiger partial charge < -0.3 is 4.74 Å². The smallest absolute Gasteiger partial charge is 0.306 e. The highest BCUT2D eigenvalue weighted by Crippen LogP contribution is 2.32. The Balaban J connectivity index is 1.78. The fourth-order valence-corrected chi connectivity index (χ4v) is 3.53. The van der Waals surface area contributed by atoms with Crippen molar-refractivity contribution >= 4 is 50.0 Å². The zero-order valence-corrected chi connectivity index (χ0v) is 16.1. The summed E-state index contributed by atoms with van der Waals surface area (Å²) < 4.78 is 5.92. The molecule has 25 heavy (non-hydrogen) atoms. The lowest BCUT2D eigenvalue weighted by molar-refractivity contribution is -0.145.